The third kappa shape index (κ3) is 0.948. The van der Waals surface area contributed by atoms with Crippen molar-refractivity contribution >= 4 is 5.97 Å². The number of carbonyl (C=O) groups is 1. The molecule has 1 saturated heterocycles. The normalized spacial score (nSPS) is 37.5. The van der Waals surface area contributed by atoms with Crippen molar-refractivity contribution in [1.29, 1.82) is 0 Å². The van der Waals surface area contributed by atoms with Crippen LogP contribution in [-0.2, 0) is 9.53 Å². The molecular formula is C8H12O3. The lowest BCUT2D eigenvalue weighted by molar-refractivity contribution is -0.150. The Bertz CT molecular complexity index is 178. The molecular weight excluding hydrogens is 144 g/mol. The molecule has 0 radical (unpaired) electrons. The van der Waals surface area contributed by atoms with Crippen LogP contribution in [0.2, 0.25) is 0 Å². The van der Waals surface area contributed by atoms with Crippen molar-refractivity contribution < 1.29 is 14.6 Å². The number of rotatable bonds is 2. The highest BCUT2D eigenvalue weighted by molar-refractivity contribution is 5.76. The van der Waals surface area contributed by atoms with Crippen LogP contribution in [0.5, 0.6) is 0 Å². The highest BCUT2D eigenvalue weighted by Crippen LogP contribution is 2.50. The topological polar surface area (TPSA) is 46.5 Å². The van der Waals surface area contributed by atoms with Crippen molar-refractivity contribution in [3.05, 3.63) is 0 Å². The van der Waals surface area contributed by atoms with Crippen LogP contribution < -0.4 is 0 Å². The molecule has 0 amide bonds. The molecule has 3 heteroatoms. The molecule has 1 N–H and O–H groups in total. The van der Waals surface area contributed by atoms with Crippen molar-refractivity contribution in [3.8, 4) is 0 Å². The van der Waals surface area contributed by atoms with E-state index in [1.54, 1.807) is 0 Å². The van der Waals surface area contributed by atoms with E-state index < -0.39 is 11.4 Å². The summed E-state index contributed by atoms with van der Waals surface area (Å²) in [5.74, 6) is -0.250. The number of hydrogen-bond acceptors (Lipinski definition) is 2. The molecule has 2 aliphatic rings. The lowest BCUT2D eigenvalue weighted by Crippen LogP contribution is -2.33. The SMILES string of the molecule is O=C(O)C1(C2CC2)CCOC1. The predicted molar refractivity (Wildman–Crippen MR) is 38.2 cm³/mol. The standard InChI is InChI=1S/C8H12O3/c9-7(10)8(6-1-2-6)3-4-11-5-8/h6H,1-5H2,(H,9,10). The van der Waals surface area contributed by atoms with Crippen LogP contribution >= 0.6 is 0 Å². The third-order valence-electron chi connectivity index (χ3n) is 2.84. The average molecular weight is 156 g/mol. The van der Waals surface area contributed by atoms with Crippen LogP contribution in [0.15, 0.2) is 0 Å². The summed E-state index contributed by atoms with van der Waals surface area (Å²) < 4.78 is 5.14. The van der Waals surface area contributed by atoms with E-state index in [0.29, 0.717) is 25.6 Å². The smallest absolute Gasteiger partial charge is 0.312 e. The monoisotopic (exact) mass is 156 g/mol. The summed E-state index contributed by atoms with van der Waals surface area (Å²) in [6, 6.07) is 0. The van der Waals surface area contributed by atoms with Gasteiger partial charge in [-0.25, -0.2) is 0 Å². The van der Waals surface area contributed by atoms with Crippen LogP contribution in [0.4, 0.5) is 0 Å². The minimum absolute atomic E-state index is 0.405. The molecule has 11 heavy (non-hydrogen) atoms. The van der Waals surface area contributed by atoms with Gasteiger partial charge in [-0.2, -0.15) is 0 Å². The first-order valence-electron chi connectivity index (χ1n) is 4.07. The second-order valence-corrected chi connectivity index (χ2v) is 3.54. The molecule has 0 aromatic rings. The second-order valence-electron chi connectivity index (χ2n) is 3.54. The molecule has 62 valence electrons. The minimum atomic E-state index is -0.655. The maximum absolute atomic E-state index is 10.9. The fourth-order valence-electron chi connectivity index (χ4n) is 1.88. The zero-order chi connectivity index (χ0) is 7.90. The Hall–Kier alpha value is -0.570. The van der Waals surface area contributed by atoms with E-state index in [0.717, 1.165) is 12.8 Å². The van der Waals surface area contributed by atoms with E-state index in [1.807, 2.05) is 0 Å². The van der Waals surface area contributed by atoms with Gasteiger partial charge >= 0.3 is 5.97 Å². The van der Waals surface area contributed by atoms with Crippen LogP contribution in [0, 0.1) is 11.3 Å². The maximum atomic E-state index is 10.9. The van der Waals surface area contributed by atoms with Crippen LogP contribution in [0.25, 0.3) is 0 Å². The highest BCUT2D eigenvalue weighted by Gasteiger charge is 2.53. The van der Waals surface area contributed by atoms with Crippen molar-refractivity contribution in [2.45, 2.75) is 19.3 Å². The number of ether oxygens (including phenoxy) is 1. The van der Waals surface area contributed by atoms with E-state index in [9.17, 15) is 4.79 Å². The van der Waals surface area contributed by atoms with Gasteiger partial charge < -0.3 is 9.84 Å². The third-order valence-corrected chi connectivity index (χ3v) is 2.84. The summed E-state index contributed by atoms with van der Waals surface area (Å²) in [7, 11) is 0. The molecule has 0 bridgehead atoms. The van der Waals surface area contributed by atoms with E-state index in [4.69, 9.17) is 9.84 Å². The molecule has 1 heterocycles. The Morgan fingerprint density at radius 2 is 2.27 bits per heavy atom. The van der Waals surface area contributed by atoms with Crippen molar-refractivity contribution in [3.63, 3.8) is 0 Å². The average Bonchev–Trinajstić information content (AvgIpc) is 2.69. The first-order chi connectivity index (χ1) is 5.26. The largest absolute Gasteiger partial charge is 0.481 e. The predicted octanol–water partition coefficient (Wildman–Crippen LogP) is 0.888. The first-order valence-corrected chi connectivity index (χ1v) is 4.07. The quantitative estimate of drug-likeness (QED) is 0.645. The molecule has 1 aliphatic heterocycles. The summed E-state index contributed by atoms with van der Waals surface area (Å²) in [4.78, 5) is 10.9. The molecule has 0 aromatic carbocycles. The Morgan fingerprint density at radius 3 is 2.64 bits per heavy atom. The van der Waals surface area contributed by atoms with Gasteiger partial charge in [0.2, 0.25) is 0 Å². The van der Waals surface area contributed by atoms with Crippen molar-refractivity contribution in [2.75, 3.05) is 13.2 Å². The Labute approximate surface area is 65.4 Å². The molecule has 1 unspecified atom stereocenters. The zero-order valence-electron chi connectivity index (χ0n) is 6.38. The Balaban J connectivity index is 2.17. The number of carboxylic acid groups (broad SMARTS) is 1. The fourth-order valence-corrected chi connectivity index (χ4v) is 1.88. The van der Waals surface area contributed by atoms with Crippen LogP contribution in [-0.4, -0.2) is 24.3 Å². The van der Waals surface area contributed by atoms with E-state index in [1.165, 1.54) is 0 Å². The minimum Gasteiger partial charge on any atom is -0.481 e. The van der Waals surface area contributed by atoms with Gasteiger partial charge in [0.1, 0.15) is 0 Å². The van der Waals surface area contributed by atoms with E-state index in [-0.39, 0.29) is 0 Å². The molecule has 0 spiro atoms. The molecule has 2 fully saturated rings. The van der Waals surface area contributed by atoms with Gasteiger partial charge in [0.25, 0.3) is 0 Å². The lowest BCUT2D eigenvalue weighted by atomic mass is 9.82. The Morgan fingerprint density at radius 1 is 1.55 bits per heavy atom. The van der Waals surface area contributed by atoms with E-state index in [2.05, 4.69) is 0 Å². The van der Waals surface area contributed by atoms with Gasteiger partial charge in [-0.1, -0.05) is 0 Å². The first kappa shape index (κ1) is 7.10. The molecule has 0 aromatic heterocycles. The summed E-state index contributed by atoms with van der Waals surface area (Å²) in [5.41, 5.74) is -0.500. The molecule has 1 atom stereocenters. The summed E-state index contributed by atoms with van der Waals surface area (Å²) in [6.45, 7) is 1.07. The molecule has 1 saturated carbocycles. The zero-order valence-corrected chi connectivity index (χ0v) is 6.38. The summed E-state index contributed by atoms with van der Waals surface area (Å²) in [5, 5.41) is 8.99. The van der Waals surface area contributed by atoms with Gasteiger partial charge in [-0.15, -0.1) is 0 Å². The van der Waals surface area contributed by atoms with Gasteiger partial charge in [-0.3, -0.25) is 4.79 Å². The maximum Gasteiger partial charge on any atom is 0.312 e. The van der Waals surface area contributed by atoms with Gasteiger partial charge in [0.15, 0.2) is 0 Å². The van der Waals surface area contributed by atoms with Crippen LogP contribution in [0.1, 0.15) is 19.3 Å². The van der Waals surface area contributed by atoms with Gasteiger partial charge in [-0.05, 0) is 25.2 Å². The number of hydrogen-bond donors (Lipinski definition) is 1. The second kappa shape index (κ2) is 2.21. The van der Waals surface area contributed by atoms with Crippen molar-refractivity contribution in [1.82, 2.24) is 0 Å². The highest BCUT2D eigenvalue weighted by atomic mass is 16.5. The van der Waals surface area contributed by atoms with Gasteiger partial charge in [0, 0.05) is 6.61 Å². The van der Waals surface area contributed by atoms with Crippen LogP contribution in [0.3, 0.4) is 0 Å². The molecule has 2 rings (SSSR count). The van der Waals surface area contributed by atoms with E-state index >= 15 is 0 Å². The summed E-state index contributed by atoms with van der Waals surface area (Å²) >= 11 is 0. The van der Waals surface area contributed by atoms with Gasteiger partial charge in [0.05, 0.1) is 12.0 Å². The van der Waals surface area contributed by atoms with Crippen molar-refractivity contribution in [2.24, 2.45) is 11.3 Å². The number of aliphatic carboxylic acids is 1. The lowest BCUT2D eigenvalue weighted by Gasteiger charge is -2.20. The number of carboxylic acids is 1. The molecule has 3 nitrogen and oxygen atoms in total. The summed E-state index contributed by atoms with van der Waals surface area (Å²) in [6.07, 6.45) is 2.87. The Kier molecular flexibility index (Phi) is 1.42. The molecule has 1 aliphatic carbocycles. The fraction of sp³-hybridized carbons (Fsp3) is 0.875.